The van der Waals surface area contributed by atoms with Crippen LogP contribution in [0.4, 0.5) is 0 Å². The molecule has 0 bridgehead atoms. The summed E-state index contributed by atoms with van der Waals surface area (Å²) in [5.41, 5.74) is 0. The summed E-state index contributed by atoms with van der Waals surface area (Å²) in [5.74, 6) is -0.930. The molecule has 1 saturated carbocycles. The van der Waals surface area contributed by atoms with Crippen molar-refractivity contribution in [2.75, 3.05) is 6.54 Å². The molecule has 0 aromatic rings. The van der Waals surface area contributed by atoms with Crippen LogP contribution in [-0.4, -0.2) is 46.6 Å². The Labute approximate surface area is 109 Å². The molecule has 1 atom stereocenters. The molecule has 0 heterocycles. The first-order valence-corrected chi connectivity index (χ1v) is 6.77. The van der Waals surface area contributed by atoms with E-state index in [2.05, 4.69) is 5.32 Å². The van der Waals surface area contributed by atoms with Crippen LogP contribution in [0.25, 0.3) is 0 Å². The highest BCUT2D eigenvalue weighted by atomic mass is 16.4. The summed E-state index contributed by atoms with van der Waals surface area (Å²) < 4.78 is 0. The molecule has 1 fully saturated rings. The summed E-state index contributed by atoms with van der Waals surface area (Å²) in [6.07, 6.45) is 3.79. The van der Waals surface area contributed by atoms with E-state index in [9.17, 15) is 9.59 Å². The molecule has 2 N–H and O–H groups in total. The lowest BCUT2D eigenvalue weighted by atomic mass is 10.1. The summed E-state index contributed by atoms with van der Waals surface area (Å²) >= 11 is 0. The van der Waals surface area contributed by atoms with Gasteiger partial charge < -0.3 is 10.4 Å². The lowest BCUT2D eigenvalue weighted by molar-refractivity contribution is -0.140. The predicted octanol–water partition coefficient (Wildman–Crippen LogP) is 1.23. The molecule has 104 valence electrons. The molecule has 5 heteroatoms. The number of amides is 1. The van der Waals surface area contributed by atoms with E-state index in [4.69, 9.17) is 5.11 Å². The van der Waals surface area contributed by atoms with E-state index in [0.29, 0.717) is 0 Å². The van der Waals surface area contributed by atoms with Crippen molar-refractivity contribution in [3.8, 4) is 0 Å². The number of aliphatic carboxylic acids is 1. The standard InChI is InChI=1S/C13H24N2O3/c1-4-10(5-2)14-13(18)9(3)15(8-12(16)17)11-6-7-11/h9-11H,4-8H2,1-3H3,(H,14,18)(H,16,17). The number of hydrogen-bond donors (Lipinski definition) is 2. The zero-order valence-electron chi connectivity index (χ0n) is 11.5. The Morgan fingerprint density at radius 3 is 2.28 bits per heavy atom. The molecular weight excluding hydrogens is 232 g/mol. The molecule has 0 saturated heterocycles. The van der Waals surface area contributed by atoms with Crippen LogP contribution in [-0.2, 0) is 9.59 Å². The Bertz CT molecular complexity index is 299. The molecule has 18 heavy (non-hydrogen) atoms. The van der Waals surface area contributed by atoms with E-state index in [0.717, 1.165) is 25.7 Å². The van der Waals surface area contributed by atoms with Crippen molar-refractivity contribution in [1.29, 1.82) is 0 Å². The number of nitrogens with zero attached hydrogens (tertiary/aromatic N) is 1. The Hall–Kier alpha value is -1.10. The number of carboxylic acid groups (broad SMARTS) is 1. The Morgan fingerprint density at radius 2 is 1.89 bits per heavy atom. The number of carbonyl (C=O) groups is 2. The number of nitrogens with one attached hydrogen (secondary N) is 1. The molecule has 0 aliphatic heterocycles. The summed E-state index contributed by atoms with van der Waals surface area (Å²) in [5, 5.41) is 11.9. The molecule has 0 spiro atoms. The van der Waals surface area contributed by atoms with Gasteiger partial charge in [-0.15, -0.1) is 0 Å². The second-order valence-corrected chi connectivity index (χ2v) is 5.00. The first-order valence-electron chi connectivity index (χ1n) is 6.77. The van der Waals surface area contributed by atoms with Gasteiger partial charge in [0.25, 0.3) is 0 Å². The van der Waals surface area contributed by atoms with Crippen LogP contribution in [0.3, 0.4) is 0 Å². The summed E-state index contributed by atoms with van der Waals surface area (Å²) in [7, 11) is 0. The second kappa shape index (κ2) is 6.73. The molecule has 1 unspecified atom stereocenters. The quantitative estimate of drug-likeness (QED) is 0.685. The fourth-order valence-electron chi connectivity index (χ4n) is 2.11. The molecule has 0 aromatic heterocycles. The highest BCUT2D eigenvalue weighted by Gasteiger charge is 2.36. The fraction of sp³-hybridized carbons (Fsp3) is 0.846. The maximum atomic E-state index is 12.1. The number of carboxylic acids is 1. The van der Waals surface area contributed by atoms with Gasteiger partial charge in [-0.2, -0.15) is 0 Å². The van der Waals surface area contributed by atoms with E-state index in [1.54, 1.807) is 11.8 Å². The molecule has 1 rings (SSSR count). The van der Waals surface area contributed by atoms with E-state index >= 15 is 0 Å². The summed E-state index contributed by atoms with van der Waals surface area (Å²) in [6, 6.07) is 0.0867. The smallest absolute Gasteiger partial charge is 0.317 e. The van der Waals surface area contributed by atoms with Crippen molar-refractivity contribution < 1.29 is 14.7 Å². The Balaban J connectivity index is 2.55. The minimum absolute atomic E-state index is 0.0534. The van der Waals surface area contributed by atoms with E-state index < -0.39 is 5.97 Å². The van der Waals surface area contributed by atoms with Gasteiger partial charge in [0.15, 0.2) is 0 Å². The average Bonchev–Trinajstić information content (AvgIpc) is 3.15. The third kappa shape index (κ3) is 4.29. The Kier molecular flexibility index (Phi) is 5.59. The van der Waals surface area contributed by atoms with Gasteiger partial charge in [-0.3, -0.25) is 14.5 Å². The highest BCUT2D eigenvalue weighted by Crippen LogP contribution is 2.28. The summed E-state index contributed by atoms with van der Waals surface area (Å²) in [6.45, 7) is 5.81. The topological polar surface area (TPSA) is 69.6 Å². The van der Waals surface area contributed by atoms with Gasteiger partial charge in [-0.25, -0.2) is 0 Å². The van der Waals surface area contributed by atoms with Crippen LogP contribution in [0.1, 0.15) is 46.5 Å². The van der Waals surface area contributed by atoms with Gasteiger partial charge in [0.05, 0.1) is 12.6 Å². The second-order valence-electron chi connectivity index (χ2n) is 5.00. The van der Waals surface area contributed by atoms with Crippen LogP contribution in [0.5, 0.6) is 0 Å². The van der Waals surface area contributed by atoms with Crippen molar-refractivity contribution >= 4 is 11.9 Å². The maximum absolute atomic E-state index is 12.1. The largest absolute Gasteiger partial charge is 0.480 e. The zero-order chi connectivity index (χ0) is 13.7. The van der Waals surface area contributed by atoms with Crippen LogP contribution >= 0.6 is 0 Å². The third-order valence-electron chi connectivity index (χ3n) is 3.54. The van der Waals surface area contributed by atoms with E-state index in [-0.39, 0.29) is 30.6 Å². The van der Waals surface area contributed by atoms with E-state index in [1.807, 2.05) is 13.8 Å². The van der Waals surface area contributed by atoms with Gasteiger partial charge in [0.1, 0.15) is 0 Å². The van der Waals surface area contributed by atoms with Crippen molar-refractivity contribution in [3.63, 3.8) is 0 Å². The molecule has 1 aliphatic rings. The molecule has 1 aliphatic carbocycles. The van der Waals surface area contributed by atoms with Crippen LogP contribution < -0.4 is 5.32 Å². The van der Waals surface area contributed by atoms with Crippen molar-refractivity contribution in [2.24, 2.45) is 0 Å². The average molecular weight is 256 g/mol. The highest BCUT2D eigenvalue weighted by molar-refractivity contribution is 5.82. The minimum atomic E-state index is -0.871. The number of rotatable bonds is 8. The predicted molar refractivity (Wildman–Crippen MR) is 69.3 cm³/mol. The SMILES string of the molecule is CCC(CC)NC(=O)C(C)N(CC(=O)O)C1CC1. The first-order chi connectivity index (χ1) is 8.49. The first kappa shape index (κ1) is 15.0. The molecule has 0 radical (unpaired) electrons. The third-order valence-corrected chi connectivity index (χ3v) is 3.54. The molecule has 0 aromatic carbocycles. The number of hydrogen-bond acceptors (Lipinski definition) is 3. The lowest BCUT2D eigenvalue weighted by Gasteiger charge is -2.28. The zero-order valence-corrected chi connectivity index (χ0v) is 11.5. The molecule has 5 nitrogen and oxygen atoms in total. The van der Waals surface area contributed by atoms with Gasteiger partial charge in [-0.1, -0.05) is 13.8 Å². The maximum Gasteiger partial charge on any atom is 0.317 e. The van der Waals surface area contributed by atoms with Crippen LogP contribution in [0, 0.1) is 0 Å². The fourth-order valence-corrected chi connectivity index (χ4v) is 2.11. The van der Waals surface area contributed by atoms with Gasteiger partial charge in [-0.05, 0) is 32.6 Å². The van der Waals surface area contributed by atoms with Crippen molar-refractivity contribution in [1.82, 2.24) is 10.2 Å². The van der Waals surface area contributed by atoms with Crippen LogP contribution in [0.15, 0.2) is 0 Å². The summed E-state index contributed by atoms with van der Waals surface area (Å²) in [4.78, 5) is 24.7. The van der Waals surface area contributed by atoms with Gasteiger partial charge in [0, 0.05) is 12.1 Å². The monoisotopic (exact) mass is 256 g/mol. The van der Waals surface area contributed by atoms with Crippen LogP contribution in [0.2, 0.25) is 0 Å². The van der Waals surface area contributed by atoms with E-state index in [1.165, 1.54) is 0 Å². The minimum Gasteiger partial charge on any atom is -0.480 e. The van der Waals surface area contributed by atoms with Crippen molar-refractivity contribution in [3.05, 3.63) is 0 Å². The van der Waals surface area contributed by atoms with Gasteiger partial charge in [0.2, 0.25) is 5.91 Å². The van der Waals surface area contributed by atoms with Crippen molar-refractivity contribution in [2.45, 2.75) is 64.6 Å². The number of carbonyl (C=O) groups excluding carboxylic acids is 1. The normalized spacial score (nSPS) is 16.9. The molecule has 1 amide bonds. The lowest BCUT2D eigenvalue weighted by Crippen LogP contribution is -2.50. The molecular formula is C13H24N2O3. The van der Waals surface area contributed by atoms with Gasteiger partial charge >= 0.3 is 5.97 Å². The Morgan fingerprint density at radius 1 is 1.33 bits per heavy atom.